The maximum absolute atomic E-state index is 11.3. The Balaban J connectivity index is 2.13. The highest BCUT2D eigenvalue weighted by Crippen LogP contribution is 2.27. The summed E-state index contributed by atoms with van der Waals surface area (Å²) < 4.78 is 0. The van der Waals surface area contributed by atoms with E-state index in [1.165, 1.54) is 0 Å². The van der Waals surface area contributed by atoms with Crippen molar-refractivity contribution in [2.75, 3.05) is 30.4 Å². The molecule has 2 rings (SSSR count). The fourth-order valence-corrected chi connectivity index (χ4v) is 2.12. The Morgan fingerprint density at radius 1 is 1.50 bits per heavy atom. The van der Waals surface area contributed by atoms with Crippen molar-refractivity contribution in [2.45, 2.75) is 18.9 Å². The van der Waals surface area contributed by atoms with Crippen LogP contribution in [0.25, 0.3) is 0 Å². The van der Waals surface area contributed by atoms with E-state index in [-0.39, 0.29) is 18.6 Å². The number of fused-ring (bicyclic) bond motifs is 1. The molecule has 1 heterocycles. The third kappa shape index (κ3) is 2.80. The maximum Gasteiger partial charge on any atom is 0.224 e. The summed E-state index contributed by atoms with van der Waals surface area (Å²) in [5, 5.41) is 11.8. The van der Waals surface area contributed by atoms with E-state index in [4.69, 9.17) is 10.8 Å². The van der Waals surface area contributed by atoms with E-state index in [1.54, 1.807) is 0 Å². The molecule has 18 heavy (non-hydrogen) atoms. The van der Waals surface area contributed by atoms with Gasteiger partial charge in [-0.3, -0.25) is 4.79 Å². The lowest BCUT2D eigenvalue weighted by Gasteiger charge is -2.25. The number of carbonyl (C=O) groups excluding carboxylic acids is 1. The van der Waals surface area contributed by atoms with Crippen molar-refractivity contribution in [3.05, 3.63) is 23.8 Å². The fraction of sp³-hybridized carbons (Fsp3) is 0.462. The van der Waals surface area contributed by atoms with Gasteiger partial charge in [0, 0.05) is 37.4 Å². The van der Waals surface area contributed by atoms with E-state index in [1.807, 2.05) is 24.1 Å². The number of carbonyl (C=O) groups is 1. The highest BCUT2D eigenvalue weighted by Gasteiger charge is 2.16. The average Bonchev–Trinajstić information content (AvgIpc) is 2.37. The van der Waals surface area contributed by atoms with Crippen LogP contribution in [0, 0.1) is 0 Å². The number of amides is 1. The van der Waals surface area contributed by atoms with Gasteiger partial charge in [-0.25, -0.2) is 0 Å². The summed E-state index contributed by atoms with van der Waals surface area (Å²) in [7, 11) is 1.94. The summed E-state index contributed by atoms with van der Waals surface area (Å²) in [4.78, 5) is 13.3. The highest BCUT2D eigenvalue weighted by molar-refractivity contribution is 5.94. The van der Waals surface area contributed by atoms with Crippen molar-refractivity contribution in [1.82, 2.24) is 0 Å². The number of anilines is 2. The van der Waals surface area contributed by atoms with Crippen molar-refractivity contribution < 1.29 is 9.90 Å². The zero-order valence-corrected chi connectivity index (χ0v) is 10.5. The number of aliphatic hydroxyl groups excluding tert-OH is 1. The number of aryl methyl sites for hydroxylation is 1. The van der Waals surface area contributed by atoms with Gasteiger partial charge in [0.05, 0.1) is 6.61 Å². The first-order chi connectivity index (χ1) is 8.60. The van der Waals surface area contributed by atoms with E-state index in [0.29, 0.717) is 13.0 Å². The Labute approximate surface area is 107 Å². The normalized spacial score (nSPS) is 15.8. The SMILES string of the molecule is CN(CC(N)CO)c1ccc2c(c1)CCC(=O)N2. The smallest absolute Gasteiger partial charge is 0.224 e. The van der Waals surface area contributed by atoms with Crippen LogP contribution in [0.3, 0.4) is 0 Å². The lowest BCUT2D eigenvalue weighted by atomic mass is 10.0. The highest BCUT2D eigenvalue weighted by atomic mass is 16.3. The lowest BCUT2D eigenvalue weighted by molar-refractivity contribution is -0.116. The molecule has 1 aliphatic heterocycles. The first-order valence-corrected chi connectivity index (χ1v) is 6.10. The third-order valence-electron chi connectivity index (χ3n) is 3.17. The number of hydrogen-bond acceptors (Lipinski definition) is 4. The van der Waals surface area contributed by atoms with E-state index < -0.39 is 0 Å². The maximum atomic E-state index is 11.3. The molecule has 1 aliphatic rings. The number of likely N-dealkylation sites (N-methyl/N-ethyl adjacent to an activating group) is 1. The van der Waals surface area contributed by atoms with Crippen molar-refractivity contribution in [3.63, 3.8) is 0 Å². The van der Waals surface area contributed by atoms with Crippen LogP contribution >= 0.6 is 0 Å². The summed E-state index contributed by atoms with van der Waals surface area (Å²) in [6, 6.07) is 5.70. The second-order valence-electron chi connectivity index (χ2n) is 4.71. The predicted octanol–water partition coefficient (Wildman–Crippen LogP) is 0.327. The molecule has 0 saturated heterocycles. The Morgan fingerprint density at radius 3 is 3.00 bits per heavy atom. The van der Waals surface area contributed by atoms with Gasteiger partial charge in [-0.05, 0) is 30.2 Å². The van der Waals surface area contributed by atoms with Gasteiger partial charge in [0.2, 0.25) is 5.91 Å². The first kappa shape index (κ1) is 12.9. The largest absolute Gasteiger partial charge is 0.395 e. The Morgan fingerprint density at radius 2 is 2.28 bits per heavy atom. The molecular weight excluding hydrogens is 230 g/mol. The molecule has 5 nitrogen and oxygen atoms in total. The molecule has 98 valence electrons. The molecule has 1 aromatic carbocycles. The number of rotatable bonds is 4. The van der Waals surface area contributed by atoms with Gasteiger partial charge in [0.25, 0.3) is 0 Å². The molecule has 1 unspecified atom stereocenters. The third-order valence-corrected chi connectivity index (χ3v) is 3.17. The van der Waals surface area contributed by atoms with Crippen molar-refractivity contribution in [2.24, 2.45) is 5.73 Å². The standard InChI is InChI=1S/C13H19N3O2/c1-16(7-10(14)8-17)11-3-4-12-9(6-11)2-5-13(18)15-12/h3-4,6,10,17H,2,5,7-8,14H2,1H3,(H,15,18). The Hall–Kier alpha value is -1.59. The van der Waals surface area contributed by atoms with Gasteiger partial charge < -0.3 is 21.1 Å². The topological polar surface area (TPSA) is 78.6 Å². The Kier molecular flexibility index (Phi) is 3.84. The molecule has 1 aromatic rings. The van der Waals surface area contributed by atoms with Crippen molar-refractivity contribution in [1.29, 1.82) is 0 Å². The van der Waals surface area contributed by atoms with Gasteiger partial charge in [0.15, 0.2) is 0 Å². The average molecular weight is 249 g/mol. The molecule has 0 spiro atoms. The number of nitrogens with two attached hydrogens (primary N) is 1. The molecule has 5 heteroatoms. The number of nitrogens with zero attached hydrogens (tertiary/aromatic N) is 1. The van der Waals surface area contributed by atoms with Crippen LogP contribution in [0.15, 0.2) is 18.2 Å². The number of hydrogen-bond donors (Lipinski definition) is 3. The van der Waals surface area contributed by atoms with Gasteiger partial charge in [-0.15, -0.1) is 0 Å². The molecule has 0 bridgehead atoms. The Bertz CT molecular complexity index is 448. The van der Waals surface area contributed by atoms with E-state index in [0.717, 1.165) is 23.4 Å². The quantitative estimate of drug-likeness (QED) is 0.718. The minimum atomic E-state index is -0.245. The summed E-state index contributed by atoms with van der Waals surface area (Å²) in [5.74, 6) is 0.0749. The molecule has 1 atom stereocenters. The minimum Gasteiger partial charge on any atom is -0.395 e. The van der Waals surface area contributed by atoms with Gasteiger partial charge in [-0.2, -0.15) is 0 Å². The summed E-state index contributed by atoms with van der Waals surface area (Å²) in [6.45, 7) is 0.576. The van der Waals surface area contributed by atoms with Crippen LogP contribution in [-0.2, 0) is 11.2 Å². The van der Waals surface area contributed by atoms with Gasteiger partial charge in [0.1, 0.15) is 0 Å². The first-order valence-electron chi connectivity index (χ1n) is 6.10. The van der Waals surface area contributed by atoms with Gasteiger partial charge >= 0.3 is 0 Å². The zero-order valence-electron chi connectivity index (χ0n) is 10.5. The predicted molar refractivity (Wildman–Crippen MR) is 71.7 cm³/mol. The summed E-state index contributed by atoms with van der Waals surface area (Å²) >= 11 is 0. The molecule has 0 fully saturated rings. The van der Waals surface area contributed by atoms with Crippen LogP contribution < -0.4 is 16.0 Å². The molecule has 1 amide bonds. The van der Waals surface area contributed by atoms with Crippen LogP contribution in [0.1, 0.15) is 12.0 Å². The second-order valence-corrected chi connectivity index (χ2v) is 4.71. The van der Waals surface area contributed by atoms with Gasteiger partial charge in [-0.1, -0.05) is 0 Å². The van der Waals surface area contributed by atoms with Crippen molar-refractivity contribution >= 4 is 17.3 Å². The zero-order chi connectivity index (χ0) is 13.1. The molecule has 0 radical (unpaired) electrons. The molecule has 4 N–H and O–H groups in total. The fourth-order valence-electron chi connectivity index (χ4n) is 2.12. The molecule has 0 aliphatic carbocycles. The summed E-state index contributed by atoms with van der Waals surface area (Å²) in [6.07, 6.45) is 1.31. The molecule has 0 aromatic heterocycles. The summed E-state index contributed by atoms with van der Waals surface area (Å²) in [5.41, 5.74) is 8.82. The van der Waals surface area contributed by atoms with Crippen molar-refractivity contribution in [3.8, 4) is 0 Å². The van der Waals surface area contributed by atoms with E-state index in [9.17, 15) is 4.79 Å². The number of nitrogens with one attached hydrogen (secondary N) is 1. The molecule has 0 saturated carbocycles. The number of aliphatic hydroxyl groups is 1. The molecular formula is C13H19N3O2. The van der Waals surface area contributed by atoms with Crippen LogP contribution in [0.4, 0.5) is 11.4 Å². The van der Waals surface area contributed by atoms with E-state index >= 15 is 0 Å². The monoisotopic (exact) mass is 249 g/mol. The van der Waals surface area contributed by atoms with E-state index in [2.05, 4.69) is 11.4 Å². The van der Waals surface area contributed by atoms with Crippen LogP contribution in [0.2, 0.25) is 0 Å². The minimum absolute atomic E-state index is 0.0225. The van der Waals surface area contributed by atoms with Crippen LogP contribution in [0.5, 0.6) is 0 Å². The second kappa shape index (κ2) is 5.37. The van der Waals surface area contributed by atoms with Crippen LogP contribution in [-0.4, -0.2) is 37.3 Å². The number of benzene rings is 1. The lowest BCUT2D eigenvalue weighted by Crippen LogP contribution is -2.37.